The van der Waals surface area contributed by atoms with Gasteiger partial charge in [-0.3, -0.25) is 0 Å². The van der Waals surface area contributed by atoms with Crippen LogP contribution in [0.15, 0.2) is 35.0 Å². The van der Waals surface area contributed by atoms with Crippen molar-refractivity contribution in [3.05, 3.63) is 46.6 Å². The number of halogens is 1. The van der Waals surface area contributed by atoms with Crippen molar-refractivity contribution in [1.29, 1.82) is 0 Å². The van der Waals surface area contributed by atoms with E-state index in [2.05, 4.69) is 27.1 Å². The Morgan fingerprint density at radius 1 is 1.26 bits per heavy atom. The molecule has 3 aromatic heterocycles. The van der Waals surface area contributed by atoms with E-state index in [1.54, 1.807) is 26.0 Å². The molecule has 0 saturated heterocycles. The number of fused-ring (bicyclic) bond motifs is 1. The Morgan fingerprint density at radius 2 is 2.06 bits per heavy atom. The molecule has 0 saturated carbocycles. The minimum atomic E-state index is -1.23. The number of nitrogens with zero attached hydrogens (tertiary/aromatic N) is 5. The van der Waals surface area contributed by atoms with Gasteiger partial charge >= 0.3 is 0 Å². The van der Waals surface area contributed by atoms with Crippen molar-refractivity contribution >= 4 is 28.5 Å². The molecule has 1 atom stereocenters. The summed E-state index contributed by atoms with van der Waals surface area (Å²) in [7, 11) is 0. The standard InChI is InChI=1S/C24H26ClN7O3/c1-4-32-17-13-19(34-18(9-11-26)14-6-5-7-15(25)12-14)28-16(8-10-24(2,3)33)20(17)29-23(32)21-22(27)31-35-30-21/h5-7,12-13,18,33H,4,9,11,26H2,1-3H3,(H2,27,31). The summed E-state index contributed by atoms with van der Waals surface area (Å²) in [6.07, 6.45) is 0.163. The number of aryl methyl sites for hydroxylation is 1. The average Bonchev–Trinajstić information content (AvgIpc) is 3.39. The normalized spacial score (nSPS) is 12.4. The Labute approximate surface area is 207 Å². The van der Waals surface area contributed by atoms with E-state index in [4.69, 9.17) is 37.4 Å². The highest BCUT2D eigenvalue weighted by Crippen LogP contribution is 2.32. The highest BCUT2D eigenvalue weighted by Gasteiger charge is 2.23. The van der Waals surface area contributed by atoms with Gasteiger partial charge in [0.25, 0.3) is 0 Å². The summed E-state index contributed by atoms with van der Waals surface area (Å²) in [6, 6.07) is 9.20. The number of anilines is 1. The van der Waals surface area contributed by atoms with Crippen LogP contribution in [0, 0.1) is 11.8 Å². The molecule has 11 heteroatoms. The number of hydrogen-bond acceptors (Lipinski definition) is 9. The third-order valence-corrected chi connectivity index (χ3v) is 5.39. The molecule has 4 rings (SSSR count). The largest absolute Gasteiger partial charge is 0.469 e. The number of imidazole rings is 1. The molecule has 0 aliphatic heterocycles. The SMILES string of the molecule is CCn1c(-c2nonc2N)nc2c(C#CC(C)(C)O)nc(OC(CCN)c3cccc(Cl)c3)cc21. The first kappa shape index (κ1) is 24.5. The van der Waals surface area contributed by atoms with Gasteiger partial charge in [-0.25, -0.2) is 14.6 Å². The maximum absolute atomic E-state index is 10.2. The number of aromatic nitrogens is 5. The first-order valence-electron chi connectivity index (χ1n) is 11.1. The number of benzene rings is 1. The van der Waals surface area contributed by atoms with Gasteiger partial charge in [0, 0.05) is 24.1 Å². The van der Waals surface area contributed by atoms with Gasteiger partial charge in [-0.05, 0) is 61.2 Å². The number of hydrogen-bond donors (Lipinski definition) is 3. The predicted molar refractivity (Wildman–Crippen MR) is 133 cm³/mol. The molecule has 0 aliphatic carbocycles. The number of ether oxygens (including phenoxy) is 1. The first-order chi connectivity index (χ1) is 16.7. The lowest BCUT2D eigenvalue weighted by Crippen LogP contribution is -2.15. The van der Waals surface area contributed by atoms with Gasteiger partial charge < -0.3 is 25.9 Å². The topological polar surface area (TPSA) is 151 Å². The third kappa shape index (κ3) is 5.38. The van der Waals surface area contributed by atoms with E-state index in [1.807, 2.05) is 29.7 Å². The highest BCUT2D eigenvalue weighted by molar-refractivity contribution is 6.30. The summed E-state index contributed by atoms with van der Waals surface area (Å²) >= 11 is 6.20. The van der Waals surface area contributed by atoms with Crippen molar-refractivity contribution in [3.63, 3.8) is 0 Å². The molecule has 35 heavy (non-hydrogen) atoms. The number of aliphatic hydroxyl groups is 1. The highest BCUT2D eigenvalue weighted by atomic mass is 35.5. The molecule has 4 aromatic rings. The van der Waals surface area contributed by atoms with Crippen LogP contribution in [0.3, 0.4) is 0 Å². The Morgan fingerprint density at radius 3 is 2.69 bits per heavy atom. The molecule has 0 spiro atoms. The van der Waals surface area contributed by atoms with E-state index in [9.17, 15) is 5.11 Å². The lowest BCUT2D eigenvalue weighted by atomic mass is 10.1. The Bertz CT molecular complexity index is 1410. The lowest BCUT2D eigenvalue weighted by Gasteiger charge is -2.19. The van der Waals surface area contributed by atoms with Gasteiger partial charge in [0.2, 0.25) is 5.88 Å². The van der Waals surface area contributed by atoms with Crippen LogP contribution in [-0.2, 0) is 6.54 Å². The van der Waals surface area contributed by atoms with E-state index in [1.165, 1.54) is 0 Å². The average molecular weight is 496 g/mol. The Balaban J connectivity index is 1.89. The zero-order valence-corrected chi connectivity index (χ0v) is 20.4. The fraction of sp³-hybridized carbons (Fsp3) is 0.333. The molecule has 0 aliphatic rings. The summed E-state index contributed by atoms with van der Waals surface area (Å²) in [5, 5.41) is 18.3. The van der Waals surface area contributed by atoms with E-state index >= 15 is 0 Å². The maximum atomic E-state index is 10.2. The van der Waals surface area contributed by atoms with Crippen molar-refractivity contribution < 1.29 is 14.5 Å². The zero-order valence-electron chi connectivity index (χ0n) is 19.6. The quantitative estimate of drug-likeness (QED) is 0.328. The first-order valence-corrected chi connectivity index (χ1v) is 11.5. The second kappa shape index (κ2) is 9.92. The molecule has 10 nitrogen and oxygen atoms in total. The van der Waals surface area contributed by atoms with E-state index < -0.39 is 5.60 Å². The monoisotopic (exact) mass is 495 g/mol. The molecule has 0 amide bonds. The van der Waals surface area contributed by atoms with Crippen molar-refractivity contribution in [2.45, 2.75) is 45.4 Å². The Hall–Kier alpha value is -3.65. The minimum absolute atomic E-state index is 0.118. The van der Waals surface area contributed by atoms with Crippen LogP contribution in [0.2, 0.25) is 5.02 Å². The maximum Gasteiger partial charge on any atom is 0.217 e. The molecule has 0 fully saturated rings. The molecule has 0 radical (unpaired) electrons. The fourth-order valence-electron chi connectivity index (χ4n) is 3.61. The third-order valence-electron chi connectivity index (χ3n) is 5.15. The van der Waals surface area contributed by atoms with Crippen molar-refractivity contribution in [2.24, 2.45) is 5.73 Å². The summed E-state index contributed by atoms with van der Waals surface area (Å²) in [6.45, 7) is 6.08. The number of pyridine rings is 1. The van der Waals surface area contributed by atoms with Crippen LogP contribution in [0.1, 0.15) is 44.6 Å². The van der Waals surface area contributed by atoms with E-state index in [0.29, 0.717) is 58.7 Å². The van der Waals surface area contributed by atoms with Crippen molar-refractivity contribution in [1.82, 2.24) is 24.8 Å². The number of nitrogens with two attached hydrogens (primary N) is 2. The van der Waals surface area contributed by atoms with Gasteiger partial charge in [-0.2, -0.15) is 0 Å². The van der Waals surface area contributed by atoms with E-state index in [-0.39, 0.29) is 11.9 Å². The minimum Gasteiger partial charge on any atom is -0.469 e. The molecule has 5 N–H and O–H groups in total. The second-order valence-electron chi connectivity index (χ2n) is 8.40. The van der Waals surface area contributed by atoms with Crippen LogP contribution in [0.5, 0.6) is 5.88 Å². The molecule has 182 valence electrons. The van der Waals surface area contributed by atoms with E-state index in [0.717, 1.165) is 5.56 Å². The van der Waals surface area contributed by atoms with Gasteiger partial charge in [-0.15, -0.1) is 0 Å². The van der Waals surface area contributed by atoms with Gasteiger partial charge in [0.1, 0.15) is 22.9 Å². The zero-order chi connectivity index (χ0) is 25.2. The van der Waals surface area contributed by atoms with Crippen LogP contribution in [0.25, 0.3) is 22.6 Å². The molecule has 3 heterocycles. The summed E-state index contributed by atoms with van der Waals surface area (Å²) in [5.74, 6) is 6.64. The smallest absolute Gasteiger partial charge is 0.217 e. The molecular formula is C24H26ClN7O3. The van der Waals surface area contributed by atoms with Gasteiger partial charge in [-0.1, -0.05) is 29.7 Å². The van der Waals surface area contributed by atoms with Gasteiger partial charge in [0.05, 0.1) is 5.52 Å². The molecular weight excluding hydrogens is 470 g/mol. The van der Waals surface area contributed by atoms with Crippen LogP contribution in [-0.4, -0.2) is 42.1 Å². The fourth-order valence-corrected chi connectivity index (χ4v) is 3.81. The summed E-state index contributed by atoms with van der Waals surface area (Å²) < 4.78 is 13.0. The molecule has 0 bridgehead atoms. The molecule has 1 unspecified atom stereocenters. The van der Waals surface area contributed by atoms with Crippen LogP contribution in [0.4, 0.5) is 5.82 Å². The lowest BCUT2D eigenvalue weighted by molar-refractivity contribution is 0.143. The molecule has 1 aromatic carbocycles. The Kier molecular flexibility index (Phi) is 6.93. The predicted octanol–water partition coefficient (Wildman–Crippen LogP) is 3.33. The number of nitrogen functional groups attached to an aromatic ring is 1. The van der Waals surface area contributed by atoms with Crippen LogP contribution < -0.4 is 16.2 Å². The van der Waals surface area contributed by atoms with Crippen molar-refractivity contribution in [2.75, 3.05) is 12.3 Å². The van der Waals surface area contributed by atoms with Crippen LogP contribution >= 0.6 is 11.6 Å². The van der Waals surface area contributed by atoms with Crippen molar-refractivity contribution in [3.8, 4) is 29.2 Å². The summed E-state index contributed by atoms with van der Waals surface area (Å²) in [5.41, 5.74) is 13.3. The number of rotatable bonds is 7. The summed E-state index contributed by atoms with van der Waals surface area (Å²) in [4.78, 5) is 9.31. The van der Waals surface area contributed by atoms with Gasteiger partial charge in [0.15, 0.2) is 17.3 Å². The second-order valence-corrected chi connectivity index (χ2v) is 8.84.